The van der Waals surface area contributed by atoms with Crippen LogP contribution in [0.25, 0.3) is 0 Å². The van der Waals surface area contributed by atoms with Gasteiger partial charge in [-0.05, 0) is 18.1 Å². The third kappa shape index (κ3) is 0.441. The number of hydrogen-bond donors (Lipinski definition) is 1. The first kappa shape index (κ1) is 4.78. The van der Waals surface area contributed by atoms with E-state index in [1.807, 2.05) is 0 Å². The summed E-state index contributed by atoms with van der Waals surface area (Å²) in [5.74, 6) is 0.858. The molecule has 1 aromatic carbocycles. The summed E-state index contributed by atoms with van der Waals surface area (Å²) in [5.41, 5.74) is 2.90. The largest absolute Gasteiger partial charge is 0.381 e. The average Bonchev–Trinajstić information content (AvgIpc) is 2.64. The Hall–Kier alpha value is -0.980. The van der Waals surface area contributed by atoms with Crippen molar-refractivity contribution in [1.82, 2.24) is 0 Å². The van der Waals surface area contributed by atoms with Gasteiger partial charge in [-0.25, -0.2) is 0 Å². The maximum Gasteiger partial charge on any atom is 0.0378 e. The molecule has 1 aliphatic carbocycles. The molecule has 1 aromatic rings. The zero-order valence-electron chi connectivity index (χ0n) is 5.67. The minimum atomic E-state index is 0.789. The number of anilines is 1. The number of rotatable bonds is 0. The molecule has 1 fully saturated rings. The topological polar surface area (TPSA) is 12.0 Å². The van der Waals surface area contributed by atoms with Gasteiger partial charge in [-0.1, -0.05) is 18.2 Å². The van der Waals surface area contributed by atoms with Crippen molar-refractivity contribution in [3.63, 3.8) is 0 Å². The van der Waals surface area contributed by atoms with Gasteiger partial charge in [0.05, 0.1) is 0 Å². The van der Waals surface area contributed by atoms with E-state index in [9.17, 15) is 0 Å². The molecule has 1 saturated carbocycles. The Bertz CT molecular complexity index is 280. The second-order valence-electron chi connectivity index (χ2n) is 3.18. The van der Waals surface area contributed by atoms with Crippen LogP contribution >= 0.6 is 0 Å². The Morgan fingerprint density at radius 1 is 1.30 bits per heavy atom. The lowest BCUT2D eigenvalue weighted by Crippen LogP contribution is -1.95. The second-order valence-corrected chi connectivity index (χ2v) is 3.18. The predicted octanol–water partition coefficient (Wildman–Crippen LogP) is 1.97. The molecule has 1 N–H and O–H groups in total. The standard InChI is InChI=1S/C9H9N/c1-2-4-8-6(3-1)7-5-9(7)10-8/h1-4,7,9-10H,5H2/t7?,9-/m0/s1. The third-order valence-electron chi connectivity index (χ3n) is 2.49. The number of fused-ring (bicyclic) bond motifs is 3. The Balaban J connectivity index is 2.22. The summed E-state index contributed by atoms with van der Waals surface area (Å²) >= 11 is 0. The SMILES string of the molecule is c1ccc2c(c1)N[C@H]1CC21. The van der Waals surface area contributed by atoms with E-state index in [4.69, 9.17) is 0 Å². The summed E-state index contributed by atoms with van der Waals surface area (Å²) < 4.78 is 0. The molecule has 0 bridgehead atoms. The van der Waals surface area contributed by atoms with Crippen molar-refractivity contribution in [3.8, 4) is 0 Å². The van der Waals surface area contributed by atoms with Crippen molar-refractivity contribution in [1.29, 1.82) is 0 Å². The molecule has 1 heterocycles. The third-order valence-corrected chi connectivity index (χ3v) is 2.49. The van der Waals surface area contributed by atoms with Crippen molar-refractivity contribution in [2.45, 2.75) is 18.4 Å². The molecule has 0 saturated heterocycles. The average molecular weight is 131 g/mol. The second kappa shape index (κ2) is 1.36. The summed E-state index contributed by atoms with van der Waals surface area (Å²) in [4.78, 5) is 0. The molecular weight excluding hydrogens is 122 g/mol. The molecule has 3 rings (SSSR count). The maximum atomic E-state index is 3.47. The Labute approximate surface area is 60.1 Å². The minimum absolute atomic E-state index is 0.789. The number of para-hydroxylation sites is 1. The van der Waals surface area contributed by atoms with Gasteiger partial charge < -0.3 is 5.32 Å². The monoisotopic (exact) mass is 131 g/mol. The van der Waals surface area contributed by atoms with E-state index in [0.717, 1.165) is 12.0 Å². The van der Waals surface area contributed by atoms with Gasteiger partial charge in [0, 0.05) is 17.6 Å². The van der Waals surface area contributed by atoms with E-state index in [2.05, 4.69) is 29.6 Å². The van der Waals surface area contributed by atoms with Gasteiger partial charge >= 0.3 is 0 Å². The summed E-state index contributed by atoms with van der Waals surface area (Å²) in [5, 5.41) is 3.47. The van der Waals surface area contributed by atoms with Crippen LogP contribution in [-0.2, 0) is 0 Å². The molecule has 1 unspecified atom stereocenters. The highest BCUT2D eigenvalue weighted by atomic mass is 15.0. The summed E-state index contributed by atoms with van der Waals surface area (Å²) in [6.45, 7) is 0. The van der Waals surface area contributed by atoms with Crippen molar-refractivity contribution in [2.75, 3.05) is 5.32 Å². The molecule has 0 amide bonds. The van der Waals surface area contributed by atoms with Gasteiger partial charge in [0.1, 0.15) is 0 Å². The van der Waals surface area contributed by atoms with E-state index in [0.29, 0.717) is 0 Å². The predicted molar refractivity (Wildman–Crippen MR) is 41.2 cm³/mol. The minimum Gasteiger partial charge on any atom is -0.381 e. The molecule has 2 atom stereocenters. The molecule has 1 aliphatic heterocycles. The van der Waals surface area contributed by atoms with Gasteiger partial charge in [-0.15, -0.1) is 0 Å². The van der Waals surface area contributed by atoms with E-state index >= 15 is 0 Å². The maximum absolute atomic E-state index is 3.47. The van der Waals surface area contributed by atoms with Crippen LogP contribution in [-0.4, -0.2) is 6.04 Å². The zero-order valence-corrected chi connectivity index (χ0v) is 5.67. The fraction of sp³-hybridized carbons (Fsp3) is 0.333. The molecule has 50 valence electrons. The highest BCUT2D eigenvalue weighted by molar-refractivity contribution is 5.63. The van der Waals surface area contributed by atoms with Crippen molar-refractivity contribution in [3.05, 3.63) is 29.8 Å². The van der Waals surface area contributed by atoms with Crippen LogP contribution in [0.5, 0.6) is 0 Å². The number of benzene rings is 1. The smallest absolute Gasteiger partial charge is 0.0378 e. The number of hydrogen-bond acceptors (Lipinski definition) is 1. The Morgan fingerprint density at radius 2 is 2.20 bits per heavy atom. The van der Waals surface area contributed by atoms with E-state index in [1.54, 1.807) is 0 Å². The molecular formula is C9H9N. The van der Waals surface area contributed by atoms with Gasteiger partial charge in [-0.2, -0.15) is 0 Å². The molecule has 1 heteroatoms. The molecule has 0 spiro atoms. The molecule has 10 heavy (non-hydrogen) atoms. The first-order valence-corrected chi connectivity index (χ1v) is 3.80. The lowest BCUT2D eigenvalue weighted by molar-refractivity contribution is 1.14. The molecule has 0 aromatic heterocycles. The zero-order chi connectivity index (χ0) is 6.55. The van der Waals surface area contributed by atoms with Gasteiger partial charge in [0.25, 0.3) is 0 Å². The Morgan fingerprint density at radius 3 is 3.10 bits per heavy atom. The van der Waals surface area contributed by atoms with E-state index in [-0.39, 0.29) is 0 Å². The van der Waals surface area contributed by atoms with Gasteiger partial charge in [0.15, 0.2) is 0 Å². The lowest BCUT2D eigenvalue weighted by Gasteiger charge is -2.00. The van der Waals surface area contributed by atoms with Gasteiger partial charge in [0.2, 0.25) is 0 Å². The van der Waals surface area contributed by atoms with Crippen LogP contribution in [0.4, 0.5) is 5.69 Å². The number of nitrogens with one attached hydrogen (secondary N) is 1. The van der Waals surface area contributed by atoms with Crippen LogP contribution in [0.3, 0.4) is 0 Å². The van der Waals surface area contributed by atoms with Crippen molar-refractivity contribution in [2.24, 2.45) is 0 Å². The molecule has 2 aliphatic rings. The Kier molecular flexibility index (Phi) is 0.652. The highest BCUT2D eigenvalue weighted by Gasteiger charge is 2.44. The highest BCUT2D eigenvalue weighted by Crippen LogP contribution is 2.51. The first-order chi connectivity index (χ1) is 4.95. The van der Waals surface area contributed by atoms with E-state index < -0.39 is 0 Å². The van der Waals surface area contributed by atoms with Crippen LogP contribution in [0.2, 0.25) is 0 Å². The normalized spacial score (nSPS) is 32.4. The van der Waals surface area contributed by atoms with Gasteiger partial charge in [-0.3, -0.25) is 0 Å². The van der Waals surface area contributed by atoms with Crippen molar-refractivity contribution < 1.29 is 0 Å². The van der Waals surface area contributed by atoms with Crippen LogP contribution in [0, 0.1) is 0 Å². The summed E-state index contributed by atoms with van der Waals surface area (Å²) in [7, 11) is 0. The fourth-order valence-corrected chi connectivity index (χ4v) is 1.85. The fourth-order valence-electron chi connectivity index (χ4n) is 1.85. The first-order valence-electron chi connectivity index (χ1n) is 3.80. The van der Waals surface area contributed by atoms with Crippen LogP contribution in [0.1, 0.15) is 17.9 Å². The van der Waals surface area contributed by atoms with E-state index in [1.165, 1.54) is 17.7 Å². The van der Waals surface area contributed by atoms with Crippen LogP contribution in [0.15, 0.2) is 24.3 Å². The van der Waals surface area contributed by atoms with Crippen LogP contribution < -0.4 is 5.32 Å². The summed E-state index contributed by atoms with van der Waals surface area (Å²) in [6.07, 6.45) is 1.36. The quantitative estimate of drug-likeness (QED) is 0.567. The lowest BCUT2D eigenvalue weighted by atomic mass is 10.1. The summed E-state index contributed by atoms with van der Waals surface area (Å²) in [6, 6.07) is 9.41. The van der Waals surface area contributed by atoms with Crippen molar-refractivity contribution >= 4 is 5.69 Å². The molecule has 0 radical (unpaired) electrons. The molecule has 1 nitrogen and oxygen atoms in total.